The third-order valence-electron chi connectivity index (χ3n) is 5.15. The molecular formula is C19H18Cl2N2O2. The molecule has 0 spiro atoms. The minimum Gasteiger partial charge on any atom is -0.312 e. The lowest BCUT2D eigenvalue weighted by Gasteiger charge is -2.42. The Morgan fingerprint density at radius 1 is 1.12 bits per heavy atom. The Hall–Kier alpha value is -1.62. The van der Waals surface area contributed by atoms with E-state index in [1.165, 1.54) is 0 Å². The smallest absolute Gasteiger partial charge is 0.250 e. The second-order valence-corrected chi connectivity index (χ2v) is 7.78. The van der Waals surface area contributed by atoms with Crippen LogP contribution >= 0.6 is 23.2 Å². The molecule has 0 radical (unpaired) electrons. The summed E-state index contributed by atoms with van der Waals surface area (Å²) in [6.45, 7) is 2.69. The van der Waals surface area contributed by atoms with Crippen LogP contribution in [0.1, 0.15) is 28.4 Å². The lowest BCUT2D eigenvalue weighted by atomic mass is 9.83. The number of Topliss-reactive ketones (excluding diaryl/α,β-unsaturated/α-hetero) is 1. The van der Waals surface area contributed by atoms with Crippen molar-refractivity contribution in [2.24, 2.45) is 5.92 Å². The molecule has 25 heavy (non-hydrogen) atoms. The van der Waals surface area contributed by atoms with Gasteiger partial charge in [0.25, 0.3) is 5.56 Å². The summed E-state index contributed by atoms with van der Waals surface area (Å²) in [5.41, 5.74) is 1.67. The molecule has 2 aliphatic rings. The van der Waals surface area contributed by atoms with Gasteiger partial charge in [-0.1, -0.05) is 29.3 Å². The van der Waals surface area contributed by atoms with Gasteiger partial charge < -0.3 is 4.57 Å². The van der Waals surface area contributed by atoms with Gasteiger partial charge in [-0.05, 0) is 36.6 Å². The third kappa shape index (κ3) is 3.26. The van der Waals surface area contributed by atoms with Crippen molar-refractivity contribution < 1.29 is 4.79 Å². The molecule has 130 valence electrons. The van der Waals surface area contributed by atoms with Crippen molar-refractivity contribution in [3.8, 4) is 0 Å². The average molecular weight is 377 g/mol. The topological polar surface area (TPSA) is 42.3 Å². The van der Waals surface area contributed by atoms with Crippen LogP contribution in [-0.4, -0.2) is 34.9 Å². The first-order chi connectivity index (χ1) is 12.0. The number of carbonyl (C=O) groups is 1. The molecule has 2 aliphatic heterocycles. The fourth-order valence-electron chi connectivity index (χ4n) is 4.13. The van der Waals surface area contributed by atoms with Gasteiger partial charge in [-0.15, -0.1) is 0 Å². The van der Waals surface area contributed by atoms with Crippen LogP contribution in [-0.2, 0) is 6.54 Å². The van der Waals surface area contributed by atoms with Crippen LogP contribution in [0.15, 0.2) is 41.2 Å². The minimum atomic E-state index is 0.00657. The van der Waals surface area contributed by atoms with Crippen molar-refractivity contribution in [1.29, 1.82) is 0 Å². The predicted molar refractivity (Wildman–Crippen MR) is 98.8 cm³/mol. The summed E-state index contributed by atoms with van der Waals surface area (Å²) in [7, 11) is 0. The normalized spacial score (nSPS) is 22.5. The fourth-order valence-corrected chi connectivity index (χ4v) is 4.64. The van der Waals surface area contributed by atoms with E-state index in [-0.39, 0.29) is 11.3 Å². The van der Waals surface area contributed by atoms with E-state index in [0.29, 0.717) is 34.0 Å². The van der Waals surface area contributed by atoms with Crippen molar-refractivity contribution in [2.45, 2.75) is 18.9 Å². The second-order valence-electron chi connectivity index (χ2n) is 6.94. The van der Waals surface area contributed by atoms with Gasteiger partial charge in [0.1, 0.15) is 0 Å². The van der Waals surface area contributed by atoms with E-state index in [2.05, 4.69) is 4.90 Å². The number of carbonyl (C=O) groups excluding carboxylic acids is 1. The lowest BCUT2D eigenvalue weighted by Crippen LogP contribution is -2.48. The molecule has 3 heterocycles. The number of hydrogen-bond donors (Lipinski definition) is 0. The van der Waals surface area contributed by atoms with Crippen LogP contribution in [0.2, 0.25) is 10.0 Å². The molecule has 1 saturated heterocycles. The number of hydrogen-bond acceptors (Lipinski definition) is 3. The largest absolute Gasteiger partial charge is 0.312 e. The van der Waals surface area contributed by atoms with Gasteiger partial charge in [0.2, 0.25) is 0 Å². The van der Waals surface area contributed by atoms with E-state index in [1.807, 2.05) is 16.7 Å². The monoisotopic (exact) mass is 376 g/mol. The van der Waals surface area contributed by atoms with Crippen LogP contribution in [0.25, 0.3) is 0 Å². The van der Waals surface area contributed by atoms with Gasteiger partial charge in [-0.3, -0.25) is 14.5 Å². The van der Waals surface area contributed by atoms with E-state index < -0.39 is 0 Å². The first-order valence-corrected chi connectivity index (χ1v) is 9.17. The first kappa shape index (κ1) is 16.8. The molecule has 1 aromatic carbocycles. The summed E-state index contributed by atoms with van der Waals surface area (Å²) in [5, 5.41) is 0.919. The zero-order valence-corrected chi connectivity index (χ0v) is 15.1. The van der Waals surface area contributed by atoms with E-state index in [9.17, 15) is 9.59 Å². The van der Waals surface area contributed by atoms with Crippen LogP contribution in [0, 0.1) is 5.92 Å². The molecule has 1 aromatic heterocycles. The number of likely N-dealkylation sites (tertiary alicyclic amines) is 1. The highest BCUT2D eigenvalue weighted by Crippen LogP contribution is 2.35. The number of piperidine rings is 1. The molecule has 6 heteroatoms. The average Bonchev–Trinajstić information content (AvgIpc) is 2.55. The zero-order chi connectivity index (χ0) is 17.6. The summed E-state index contributed by atoms with van der Waals surface area (Å²) in [4.78, 5) is 26.9. The number of fused-ring (bicyclic) bond motifs is 4. The van der Waals surface area contributed by atoms with E-state index in [0.717, 1.165) is 31.7 Å². The number of pyridine rings is 1. The van der Waals surface area contributed by atoms with E-state index in [1.54, 1.807) is 24.3 Å². The maximum absolute atomic E-state index is 12.6. The highest BCUT2D eigenvalue weighted by atomic mass is 35.5. The third-order valence-corrected chi connectivity index (χ3v) is 5.70. The Morgan fingerprint density at radius 3 is 2.76 bits per heavy atom. The van der Waals surface area contributed by atoms with Crippen LogP contribution in [0.3, 0.4) is 0 Å². The number of rotatable bonds is 3. The molecule has 2 aromatic rings. The zero-order valence-electron chi connectivity index (χ0n) is 13.6. The molecular weight excluding hydrogens is 359 g/mol. The maximum atomic E-state index is 12.6. The Balaban J connectivity index is 1.53. The minimum absolute atomic E-state index is 0.00657. The lowest BCUT2D eigenvalue weighted by molar-refractivity contribution is 0.0817. The number of benzene rings is 1. The summed E-state index contributed by atoms with van der Waals surface area (Å²) in [5.74, 6) is 0.710. The molecule has 0 aliphatic carbocycles. The molecule has 4 rings (SSSR count). The SMILES string of the molecule is O=C(CN1C[C@H]2C[C@@H](C1)c1cccc(=O)n1C2)c1ccc(Cl)cc1Cl. The van der Waals surface area contributed by atoms with Crippen molar-refractivity contribution in [1.82, 2.24) is 9.47 Å². The van der Waals surface area contributed by atoms with Crippen LogP contribution in [0.5, 0.6) is 0 Å². The number of ketones is 1. The molecule has 4 nitrogen and oxygen atoms in total. The number of aromatic nitrogens is 1. The Bertz CT molecular complexity index is 893. The van der Waals surface area contributed by atoms with E-state index >= 15 is 0 Å². The summed E-state index contributed by atoms with van der Waals surface area (Å²) >= 11 is 12.1. The van der Waals surface area contributed by atoms with Crippen molar-refractivity contribution in [3.63, 3.8) is 0 Å². The molecule has 1 fully saturated rings. The summed E-state index contributed by atoms with van der Waals surface area (Å²) in [6, 6.07) is 10.5. The predicted octanol–water partition coefficient (Wildman–Crippen LogP) is 3.46. The summed E-state index contributed by atoms with van der Waals surface area (Å²) < 4.78 is 1.90. The summed E-state index contributed by atoms with van der Waals surface area (Å²) in [6.07, 6.45) is 1.08. The molecule has 2 bridgehead atoms. The standard InChI is InChI=1S/C19H18Cl2N2O2/c20-14-4-5-15(16(21)7-14)18(24)11-22-8-12-6-13(10-22)17-2-1-3-19(25)23(17)9-12/h1-5,7,12-13H,6,8-11H2/t12-,13+/m1/s1. The molecule has 2 atom stereocenters. The van der Waals surface area contributed by atoms with Gasteiger partial charge >= 0.3 is 0 Å². The van der Waals surface area contributed by atoms with Gasteiger partial charge in [0.15, 0.2) is 5.78 Å². The van der Waals surface area contributed by atoms with Crippen LogP contribution < -0.4 is 5.56 Å². The van der Waals surface area contributed by atoms with Crippen LogP contribution in [0.4, 0.5) is 0 Å². The van der Waals surface area contributed by atoms with Gasteiger partial charge in [-0.2, -0.15) is 0 Å². The van der Waals surface area contributed by atoms with Crippen molar-refractivity contribution in [2.75, 3.05) is 19.6 Å². The molecule has 0 N–H and O–H groups in total. The van der Waals surface area contributed by atoms with Gasteiger partial charge in [0.05, 0.1) is 11.6 Å². The number of halogens is 2. The van der Waals surface area contributed by atoms with E-state index in [4.69, 9.17) is 23.2 Å². The maximum Gasteiger partial charge on any atom is 0.250 e. The van der Waals surface area contributed by atoms with Crippen molar-refractivity contribution in [3.05, 3.63) is 68.1 Å². The Labute approximate surface area is 156 Å². The van der Waals surface area contributed by atoms with Gasteiger partial charge in [-0.25, -0.2) is 0 Å². The molecule has 0 saturated carbocycles. The Morgan fingerprint density at radius 2 is 1.96 bits per heavy atom. The number of nitrogens with zero attached hydrogens (tertiary/aromatic N) is 2. The highest BCUT2D eigenvalue weighted by molar-refractivity contribution is 6.36. The quantitative estimate of drug-likeness (QED) is 0.770. The second kappa shape index (κ2) is 6.60. The highest BCUT2D eigenvalue weighted by Gasteiger charge is 2.35. The first-order valence-electron chi connectivity index (χ1n) is 8.41. The van der Waals surface area contributed by atoms with Crippen molar-refractivity contribution >= 4 is 29.0 Å². The van der Waals surface area contributed by atoms with Gasteiger partial charge in [0, 0.05) is 47.9 Å². The molecule has 0 amide bonds. The fraction of sp³-hybridized carbons (Fsp3) is 0.368. The Kier molecular flexibility index (Phi) is 4.44. The molecule has 0 unspecified atom stereocenters.